The second-order valence-electron chi connectivity index (χ2n) is 4.08. The van der Waals surface area contributed by atoms with E-state index in [-0.39, 0.29) is 5.78 Å². The third-order valence-corrected chi connectivity index (χ3v) is 2.89. The standard InChI is InChI=1S/C14H20O/c1-4-7-12(5-2)14-9-6-8-13(10-14)11(3)15/h6,8-10,12H,4-5,7H2,1-3H3. The number of rotatable bonds is 5. The van der Waals surface area contributed by atoms with Gasteiger partial charge in [0.1, 0.15) is 0 Å². The molecule has 1 aromatic rings. The summed E-state index contributed by atoms with van der Waals surface area (Å²) in [5, 5.41) is 0. The quantitative estimate of drug-likeness (QED) is 0.657. The summed E-state index contributed by atoms with van der Waals surface area (Å²) >= 11 is 0. The number of benzene rings is 1. The van der Waals surface area contributed by atoms with E-state index in [1.807, 2.05) is 18.2 Å². The zero-order valence-electron chi connectivity index (χ0n) is 9.92. The molecule has 0 aromatic heterocycles. The summed E-state index contributed by atoms with van der Waals surface area (Å²) in [6.45, 7) is 6.04. The van der Waals surface area contributed by atoms with Crippen molar-refractivity contribution in [1.29, 1.82) is 0 Å². The van der Waals surface area contributed by atoms with Crippen molar-refractivity contribution in [2.24, 2.45) is 0 Å². The fourth-order valence-corrected chi connectivity index (χ4v) is 1.97. The summed E-state index contributed by atoms with van der Waals surface area (Å²) < 4.78 is 0. The molecule has 0 amide bonds. The van der Waals surface area contributed by atoms with Crippen molar-refractivity contribution in [2.75, 3.05) is 0 Å². The van der Waals surface area contributed by atoms with Gasteiger partial charge in [0.15, 0.2) is 5.78 Å². The van der Waals surface area contributed by atoms with Crippen LogP contribution in [-0.4, -0.2) is 5.78 Å². The summed E-state index contributed by atoms with van der Waals surface area (Å²) in [5.41, 5.74) is 2.15. The molecule has 1 aromatic carbocycles. The third-order valence-electron chi connectivity index (χ3n) is 2.89. The topological polar surface area (TPSA) is 17.1 Å². The molecule has 1 unspecified atom stereocenters. The third kappa shape index (κ3) is 3.19. The number of carbonyl (C=O) groups is 1. The first kappa shape index (κ1) is 12.0. The molecule has 1 atom stereocenters. The van der Waals surface area contributed by atoms with Gasteiger partial charge < -0.3 is 0 Å². The average Bonchev–Trinajstić information content (AvgIpc) is 2.26. The molecule has 0 aliphatic carbocycles. The summed E-state index contributed by atoms with van der Waals surface area (Å²) in [6, 6.07) is 8.07. The Labute approximate surface area is 92.5 Å². The van der Waals surface area contributed by atoms with Gasteiger partial charge in [0, 0.05) is 5.56 Å². The molecular formula is C14H20O. The van der Waals surface area contributed by atoms with Crippen LogP contribution in [0.25, 0.3) is 0 Å². The van der Waals surface area contributed by atoms with E-state index >= 15 is 0 Å². The van der Waals surface area contributed by atoms with E-state index in [1.54, 1.807) is 6.92 Å². The van der Waals surface area contributed by atoms with Crippen LogP contribution in [0.2, 0.25) is 0 Å². The first-order valence-corrected chi connectivity index (χ1v) is 5.79. The first-order chi connectivity index (χ1) is 7.19. The van der Waals surface area contributed by atoms with E-state index in [0.29, 0.717) is 5.92 Å². The van der Waals surface area contributed by atoms with Crippen LogP contribution >= 0.6 is 0 Å². The highest BCUT2D eigenvalue weighted by atomic mass is 16.1. The minimum Gasteiger partial charge on any atom is -0.295 e. The van der Waals surface area contributed by atoms with E-state index in [2.05, 4.69) is 19.9 Å². The zero-order chi connectivity index (χ0) is 11.3. The Bertz CT molecular complexity index is 328. The Morgan fingerprint density at radius 2 is 2.07 bits per heavy atom. The van der Waals surface area contributed by atoms with Gasteiger partial charge in [-0.2, -0.15) is 0 Å². The highest BCUT2D eigenvalue weighted by Gasteiger charge is 2.09. The summed E-state index contributed by atoms with van der Waals surface area (Å²) in [6.07, 6.45) is 3.55. The van der Waals surface area contributed by atoms with Crippen molar-refractivity contribution in [2.45, 2.75) is 46.0 Å². The minimum atomic E-state index is 0.156. The van der Waals surface area contributed by atoms with Crippen molar-refractivity contribution < 1.29 is 4.79 Å². The van der Waals surface area contributed by atoms with Crippen molar-refractivity contribution in [1.82, 2.24) is 0 Å². The predicted molar refractivity (Wildman–Crippen MR) is 64.4 cm³/mol. The monoisotopic (exact) mass is 204 g/mol. The number of carbonyl (C=O) groups excluding carboxylic acids is 1. The largest absolute Gasteiger partial charge is 0.295 e. The minimum absolute atomic E-state index is 0.156. The molecule has 1 rings (SSSR count). The van der Waals surface area contributed by atoms with Gasteiger partial charge >= 0.3 is 0 Å². The van der Waals surface area contributed by atoms with Gasteiger partial charge in [-0.25, -0.2) is 0 Å². The molecule has 0 bridgehead atoms. The molecular weight excluding hydrogens is 184 g/mol. The normalized spacial score (nSPS) is 12.5. The van der Waals surface area contributed by atoms with Crippen LogP contribution in [-0.2, 0) is 0 Å². The lowest BCUT2D eigenvalue weighted by Gasteiger charge is -2.14. The molecule has 1 nitrogen and oxygen atoms in total. The Morgan fingerprint density at radius 1 is 1.33 bits per heavy atom. The maximum absolute atomic E-state index is 11.3. The van der Waals surface area contributed by atoms with Gasteiger partial charge in [-0.1, -0.05) is 38.5 Å². The lowest BCUT2D eigenvalue weighted by Crippen LogP contribution is -1.99. The van der Waals surface area contributed by atoms with Gasteiger partial charge in [-0.05, 0) is 37.3 Å². The molecule has 0 saturated carbocycles. The van der Waals surface area contributed by atoms with Crippen LogP contribution in [0.1, 0.15) is 61.9 Å². The van der Waals surface area contributed by atoms with Crippen molar-refractivity contribution in [3.8, 4) is 0 Å². The van der Waals surface area contributed by atoms with E-state index in [9.17, 15) is 4.79 Å². The molecule has 1 heteroatoms. The average molecular weight is 204 g/mol. The zero-order valence-corrected chi connectivity index (χ0v) is 9.92. The molecule has 0 radical (unpaired) electrons. The maximum Gasteiger partial charge on any atom is 0.159 e. The molecule has 15 heavy (non-hydrogen) atoms. The second-order valence-corrected chi connectivity index (χ2v) is 4.08. The lowest BCUT2D eigenvalue weighted by molar-refractivity contribution is 0.101. The molecule has 0 N–H and O–H groups in total. The predicted octanol–water partition coefficient (Wildman–Crippen LogP) is 4.18. The smallest absolute Gasteiger partial charge is 0.159 e. The molecule has 0 fully saturated rings. The number of hydrogen-bond acceptors (Lipinski definition) is 1. The lowest BCUT2D eigenvalue weighted by atomic mass is 9.91. The molecule has 0 aliphatic heterocycles. The second kappa shape index (κ2) is 5.69. The van der Waals surface area contributed by atoms with Crippen LogP contribution < -0.4 is 0 Å². The molecule has 0 aliphatic rings. The van der Waals surface area contributed by atoms with Crippen molar-refractivity contribution in [3.63, 3.8) is 0 Å². The fraction of sp³-hybridized carbons (Fsp3) is 0.500. The van der Waals surface area contributed by atoms with Crippen LogP contribution in [0.5, 0.6) is 0 Å². The van der Waals surface area contributed by atoms with Gasteiger partial charge in [-0.3, -0.25) is 4.79 Å². The highest BCUT2D eigenvalue weighted by Crippen LogP contribution is 2.25. The summed E-state index contributed by atoms with van der Waals surface area (Å²) in [4.78, 5) is 11.3. The summed E-state index contributed by atoms with van der Waals surface area (Å²) in [7, 11) is 0. The first-order valence-electron chi connectivity index (χ1n) is 5.79. The van der Waals surface area contributed by atoms with Crippen LogP contribution in [0.15, 0.2) is 24.3 Å². The Morgan fingerprint density at radius 3 is 2.60 bits per heavy atom. The Balaban J connectivity index is 2.92. The SMILES string of the molecule is CCCC(CC)c1cccc(C(C)=O)c1. The van der Waals surface area contributed by atoms with Gasteiger partial charge in [0.2, 0.25) is 0 Å². The molecule has 0 spiro atoms. The Kier molecular flexibility index (Phi) is 4.54. The maximum atomic E-state index is 11.3. The van der Waals surface area contributed by atoms with Crippen LogP contribution in [0, 0.1) is 0 Å². The highest BCUT2D eigenvalue weighted by molar-refractivity contribution is 5.94. The molecule has 0 heterocycles. The van der Waals surface area contributed by atoms with Crippen LogP contribution in [0.3, 0.4) is 0 Å². The van der Waals surface area contributed by atoms with Gasteiger partial charge in [-0.15, -0.1) is 0 Å². The molecule has 82 valence electrons. The van der Waals surface area contributed by atoms with E-state index in [4.69, 9.17) is 0 Å². The van der Waals surface area contributed by atoms with Gasteiger partial charge in [0.05, 0.1) is 0 Å². The van der Waals surface area contributed by atoms with E-state index in [0.717, 1.165) is 12.0 Å². The van der Waals surface area contributed by atoms with E-state index < -0.39 is 0 Å². The fourth-order valence-electron chi connectivity index (χ4n) is 1.97. The van der Waals surface area contributed by atoms with Gasteiger partial charge in [0.25, 0.3) is 0 Å². The number of Topliss-reactive ketones (excluding diaryl/α,β-unsaturated/α-hetero) is 1. The van der Waals surface area contributed by atoms with Crippen LogP contribution in [0.4, 0.5) is 0 Å². The van der Waals surface area contributed by atoms with Crippen molar-refractivity contribution in [3.05, 3.63) is 35.4 Å². The van der Waals surface area contributed by atoms with E-state index in [1.165, 1.54) is 18.4 Å². The number of hydrogen-bond donors (Lipinski definition) is 0. The number of ketones is 1. The summed E-state index contributed by atoms with van der Waals surface area (Å²) in [5.74, 6) is 0.762. The van der Waals surface area contributed by atoms with Crippen molar-refractivity contribution >= 4 is 5.78 Å². The Hall–Kier alpha value is -1.11. The molecule has 0 saturated heterocycles.